The summed E-state index contributed by atoms with van der Waals surface area (Å²) in [6.07, 6.45) is 3.66. The SMILES string of the molecule is C=CCNC(C)(C(=O)O)C1(C)CC1. The van der Waals surface area contributed by atoms with Gasteiger partial charge in [0, 0.05) is 6.54 Å². The number of nitrogens with one attached hydrogen (secondary N) is 1. The molecule has 0 aromatic rings. The predicted octanol–water partition coefficient (Wildman–Crippen LogP) is 1.41. The molecule has 2 N–H and O–H groups in total. The van der Waals surface area contributed by atoms with Gasteiger partial charge in [-0.15, -0.1) is 6.58 Å². The topological polar surface area (TPSA) is 49.3 Å². The van der Waals surface area contributed by atoms with Crippen molar-refractivity contribution in [2.24, 2.45) is 5.41 Å². The van der Waals surface area contributed by atoms with Crippen LogP contribution in [0.2, 0.25) is 0 Å². The molecule has 1 unspecified atom stereocenters. The maximum Gasteiger partial charge on any atom is 0.324 e. The van der Waals surface area contributed by atoms with Crippen LogP contribution in [0.3, 0.4) is 0 Å². The molecule has 1 rings (SSSR count). The van der Waals surface area contributed by atoms with Crippen molar-refractivity contribution in [3.05, 3.63) is 12.7 Å². The molecular formula is C10H17NO2. The van der Waals surface area contributed by atoms with E-state index in [2.05, 4.69) is 11.9 Å². The van der Waals surface area contributed by atoms with Crippen LogP contribution in [-0.2, 0) is 4.79 Å². The fourth-order valence-corrected chi connectivity index (χ4v) is 1.51. The zero-order valence-electron chi connectivity index (χ0n) is 8.26. The molecule has 0 saturated heterocycles. The Hall–Kier alpha value is -0.830. The van der Waals surface area contributed by atoms with Gasteiger partial charge in [0.2, 0.25) is 0 Å². The van der Waals surface area contributed by atoms with E-state index in [-0.39, 0.29) is 5.41 Å². The number of hydrogen-bond acceptors (Lipinski definition) is 2. The van der Waals surface area contributed by atoms with Gasteiger partial charge in [0.1, 0.15) is 5.54 Å². The minimum Gasteiger partial charge on any atom is -0.480 e. The molecule has 3 heteroatoms. The van der Waals surface area contributed by atoms with Gasteiger partial charge < -0.3 is 5.11 Å². The Balaban J connectivity index is 2.75. The van der Waals surface area contributed by atoms with Gasteiger partial charge >= 0.3 is 5.97 Å². The average Bonchev–Trinajstić information content (AvgIpc) is 2.80. The summed E-state index contributed by atoms with van der Waals surface area (Å²) in [5.41, 5.74) is -0.886. The maximum atomic E-state index is 11.1. The molecule has 1 saturated carbocycles. The molecule has 0 radical (unpaired) electrons. The Bertz CT molecular complexity index is 233. The minimum atomic E-state index is -0.804. The van der Waals surface area contributed by atoms with E-state index < -0.39 is 11.5 Å². The van der Waals surface area contributed by atoms with Crippen molar-refractivity contribution < 1.29 is 9.90 Å². The van der Waals surface area contributed by atoms with Gasteiger partial charge in [0.15, 0.2) is 0 Å². The second-order valence-electron chi connectivity index (χ2n) is 4.16. The lowest BCUT2D eigenvalue weighted by Gasteiger charge is -2.32. The Morgan fingerprint density at radius 1 is 1.77 bits per heavy atom. The molecule has 1 aliphatic carbocycles. The van der Waals surface area contributed by atoms with E-state index in [1.54, 1.807) is 13.0 Å². The highest BCUT2D eigenvalue weighted by atomic mass is 16.4. The Kier molecular flexibility index (Phi) is 2.48. The molecule has 0 aliphatic heterocycles. The summed E-state index contributed by atoms with van der Waals surface area (Å²) in [6, 6.07) is 0. The zero-order chi connectivity index (χ0) is 10.1. The third kappa shape index (κ3) is 1.61. The largest absolute Gasteiger partial charge is 0.480 e. The average molecular weight is 183 g/mol. The summed E-state index contributed by atoms with van der Waals surface area (Å²) in [4.78, 5) is 11.1. The normalized spacial score (nSPS) is 23.2. The van der Waals surface area contributed by atoms with Crippen molar-refractivity contribution in [2.75, 3.05) is 6.54 Å². The first-order chi connectivity index (χ1) is 5.96. The van der Waals surface area contributed by atoms with E-state index in [0.29, 0.717) is 6.54 Å². The summed E-state index contributed by atoms with van der Waals surface area (Å²) in [5.74, 6) is -0.769. The summed E-state index contributed by atoms with van der Waals surface area (Å²) < 4.78 is 0. The van der Waals surface area contributed by atoms with Gasteiger partial charge in [-0.2, -0.15) is 0 Å². The Morgan fingerprint density at radius 2 is 2.31 bits per heavy atom. The van der Waals surface area contributed by atoms with Gasteiger partial charge in [-0.25, -0.2) is 0 Å². The van der Waals surface area contributed by atoms with Crippen molar-refractivity contribution >= 4 is 5.97 Å². The van der Waals surface area contributed by atoms with Crippen LogP contribution in [0.5, 0.6) is 0 Å². The number of hydrogen-bond donors (Lipinski definition) is 2. The molecular weight excluding hydrogens is 166 g/mol. The first-order valence-electron chi connectivity index (χ1n) is 4.55. The summed E-state index contributed by atoms with van der Waals surface area (Å²) >= 11 is 0. The first kappa shape index (κ1) is 10.3. The fraction of sp³-hybridized carbons (Fsp3) is 0.700. The third-order valence-corrected chi connectivity index (χ3v) is 3.23. The summed E-state index contributed by atoms with van der Waals surface area (Å²) in [5, 5.41) is 12.2. The molecule has 74 valence electrons. The lowest BCUT2D eigenvalue weighted by Crippen LogP contribution is -2.55. The summed E-state index contributed by atoms with van der Waals surface area (Å²) in [7, 11) is 0. The Morgan fingerprint density at radius 3 is 2.62 bits per heavy atom. The lowest BCUT2D eigenvalue weighted by molar-refractivity contribution is -0.147. The number of aliphatic carboxylic acids is 1. The molecule has 1 aliphatic rings. The zero-order valence-corrected chi connectivity index (χ0v) is 8.26. The second kappa shape index (κ2) is 3.14. The molecule has 0 aromatic heterocycles. The molecule has 0 spiro atoms. The Labute approximate surface area is 78.8 Å². The van der Waals surface area contributed by atoms with Crippen LogP contribution in [0.25, 0.3) is 0 Å². The predicted molar refractivity (Wildman–Crippen MR) is 51.6 cm³/mol. The van der Waals surface area contributed by atoms with Gasteiger partial charge in [-0.05, 0) is 25.2 Å². The van der Waals surface area contributed by atoms with E-state index in [4.69, 9.17) is 5.11 Å². The highest BCUT2D eigenvalue weighted by Crippen LogP contribution is 2.53. The highest BCUT2D eigenvalue weighted by molar-refractivity contribution is 5.80. The van der Waals surface area contributed by atoms with Crippen molar-refractivity contribution in [1.29, 1.82) is 0 Å². The van der Waals surface area contributed by atoms with Crippen molar-refractivity contribution in [2.45, 2.75) is 32.2 Å². The van der Waals surface area contributed by atoms with Crippen LogP contribution in [0.4, 0.5) is 0 Å². The third-order valence-electron chi connectivity index (χ3n) is 3.23. The number of carboxylic acids is 1. The summed E-state index contributed by atoms with van der Waals surface area (Å²) in [6.45, 7) is 7.88. The quantitative estimate of drug-likeness (QED) is 0.633. The second-order valence-corrected chi connectivity index (χ2v) is 4.16. The van der Waals surface area contributed by atoms with E-state index in [9.17, 15) is 4.79 Å². The number of rotatable bonds is 5. The fourth-order valence-electron chi connectivity index (χ4n) is 1.51. The van der Waals surface area contributed by atoms with Crippen LogP contribution in [-0.4, -0.2) is 23.2 Å². The van der Waals surface area contributed by atoms with Crippen LogP contribution >= 0.6 is 0 Å². The van der Waals surface area contributed by atoms with Crippen molar-refractivity contribution in [3.8, 4) is 0 Å². The molecule has 3 nitrogen and oxygen atoms in total. The van der Waals surface area contributed by atoms with E-state index in [1.165, 1.54) is 0 Å². The number of carboxylic acid groups (broad SMARTS) is 1. The minimum absolute atomic E-state index is 0.0815. The standard InChI is InChI=1S/C10H17NO2/c1-4-7-11-10(3,8(12)13)9(2)5-6-9/h4,11H,1,5-7H2,2-3H3,(H,12,13). The van der Waals surface area contributed by atoms with Crippen LogP contribution in [0.15, 0.2) is 12.7 Å². The molecule has 1 atom stereocenters. The maximum absolute atomic E-state index is 11.1. The molecule has 0 amide bonds. The van der Waals surface area contributed by atoms with E-state index in [0.717, 1.165) is 12.8 Å². The van der Waals surface area contributed by atoms with Gasteiger partial charge in [-0.1, -0.05) is 13.0 Å². The molecule has 0 aromatic carbocycles. The van der Waals surface area contributed by atoms with Gasteiger partial charge in [0.05, 0.1) is 0 Å². The highest BCUT2D eigenvalue weighted by Gasteiger charge is 2.57. The number of carbonyl (C=O) groups is 1. The smallest absolute Gasteiger partial charge is 0.324 e. The monoisotopic (exact) mass is 183 g/mol. The molecule has 13 heavy (non-hydrogen) atoms. The van der Waals surface area contributed by atoms with Crippen LogP contribution in [0, 0.1) is 5.41 Å². The molecule has 0 bridgehead atoms. The molecule has 1 fully saturated rings. The van der Waals surface area contributed by atoms with Gasteiger partial charge in [-0.3, -0.25) is 10.1 Å². The van der Waals surface area contributed by atoms with Crippen LogP contribution in [0.1, 0.15) is 26.7 Å². The van der Waals surface area contributed by atoms with E-state index >= 15 is 0 Å². The van der Waals surface area contributed by atoms with E-state index in [1.807, 2.05) is 6.92 Å². The lowest BCUT2D eigenvalue weighted by atomic mass is 9.84. The van der Waals surface area contributed by atoms with Crippen LogP contribution < -0.4 is 5.32 Å². The van der Waals surface area contributed by atoms with Crippen molar-refractivity contribution in [1.82, 2.24) is 5.32 Å². The first-order valence-corrected chi connectivity index (χ1v) is 4.55. The molecule has 0 heterocycles. The van der Waals surface area contributed by atoms with Crippen molar-refractivity contribution in [3.63, 3.8) is 0 Å². The van der Waals surface area contributed by atoms with Gasteiger partial charge in [0.25, 0.3) is 0 Å².